The molecule has 0 bridgehead atoms. The van der Waals surface area contributed by atoms with Gasteiger partial charge in [0.2, 0.25) is 11.8 Å². The average molecular weight is 924 g/mol. The number of amides is 2. The maximum Gasteiger partial charge on any atom is 0.329 e. The van der Waals surface area contributed by atoms with Crippen LogP contribution in [0.5, 0.6) is 6.01 Å². The third-order valence-electron chi connectivity index (χ3n) is 15.7. The van der Waals surface area contributed by atoms with Gasteiger partial charge in [-0.1, -0.05) is 30.2 Å². The Labute approximate surface area is 392 Å². The number of likely N-dealkylation sites (tertiary alicyclic amines) is 1. The SMILES string of the molecule is C#Cc1c(F)ccc2cccc(-c3ncc4c(N5CCC[C@@](C)(O)C5)nc(OCC5(CN6CCC7(CC6)CCN(c6ccc8c(c6)n(C)c(=O)n8C6CCC(=O)NC6=O)CC7)CC5)nc4c3F)c12. The van der Waals surface area contributed by atoms with Crippen molar-refractivity contribution >= 4 is 56.0 Å². The molecule has 1 spiro atoms. The van der Waals surface area contributed by atoms with Crippen LogP contribution >= 0.6 is 0 Å². The number of pyridine rings is 1. The Kier molecular flexibility index (Phi) is 10.8. The Balaban J connectivity index is 0.774. The number of halogens is 2. The molecule has 6 aromatic rings. The summed E-state index contributed by atoms with van der Waals surface area (Å²) in [6, 6.07) is 13.6. The topological polar surface area (TPSA) is 151 Å². The maximum absolute atomic E-state index is 17.1. The number of fused-ring (bicyclic) bond motifs is 3. The summed E-state index contributed by atoms with van der Waals surface area (Å²) in [7, 11) is 1.73. The lowest BCUT2D eigenvalue weighted by Crippen LogP contribution is -2.48. The zero-order valence-electron chi connectivity index (χ0n) is 38.5. The highest BCUT2D eigenvalue weighted by molar-refractivity contribution is 6.02. The molecule has 2 N–H and O–H groups in total. The van der Waals surface area contributed by atoms with E-state index in [1.54, 1.807) is 49.0 Å². The minimum absolute atomic E-state index is 0.00695. The predicted molar refractivity (Wildman–Crippen MR) is 256 cm³/mol. The van der Waals surface area contributed by atoms with Gasteiger partial charge in [0.05, 0.1) is 34.2 Å². The van der Waals surface area contributed by atoms with E-state index in [9.17, 15) is 23.9 Å². The fourth-order valence-electron chi connectivity index (χ4n) is 11.5. The molecule has 4 saturated heterocycles. The highest BCUT2D eigenvalue weighted by atomic mass is 19.1. The lowest BCUT2D eigenvalue weighted by atomic mass is 9.71. The summed E-state index contributed by atoms with van der Waals surface area (Å²) >= 11 is 0. The summed E-state index contributed by atoms with van der Waals surface area (Å²) in [5, 5.41) is 14.9. The van der Waals surface area contributed by atoms with Crippen LogP contribution in [0.2, 0.25) is 0 Å². The van der Waals surface area contributed by atoms with Gasteiger partial charge in [0, 0.05) is 74.4 Å². The zero-order chi connectivity index (χ0) is 47.1. The van der Waals surface area contributed by atoms with Crippen molar-refractivity contribution in [3.05, 3.63) is 82.4 Å². The molecule has 68 heavy (non-hydrogen) atoms. The van der Waals surface area contributed by atoms with Crippen molar-refractivity contribution in [1.82, 2.24) is 34.3 Å². The van der Waals surface area contributed by atoms with Gasteiger partial charge in [0.1, 0.15) is 28.9 Å². The molecule has 1 saturated carbocycles. The number of hydrogen-bond acceptors (Lipinski definition) is 11. The number of aryl methyl sites for hydroxylation is 1. The van der Waals surface area contributed by atoms with Gasteiger partial charge in [-0.3, -0.25) is 29.0 Å². The Morgan fingerprint density at radius 2 is 1.71 bits per heavy atom. The molecule has 1 unspecified atom stereocenters. The highest BCUT2D eigenvalue weighted by Crippen LogP contribution is 2.49. The van der Waals surface area contributed by atoms with Gasteiger partial charge in [-0.05, 0) is 113 Å². The molecule has 3 aromatic heterocycles. The molecule has 3 aromatic carbocycles. The summed E-state index contributed by atoms with van der Waals surface area (Å²) in [5.74, 6) is 0.886. The van der Waals surface area contributed by atoms with Crippen molar-refractivity contribution in [2.45, 2.75) is 82.8 Å². The first-order valence-electron chi connectivity index (χ1n) is 23.9. The standard InChI is InChI=1S/C52H55F2N9O5/c1-4-34-37(53)11-9-32-7-5-8-35(42(32)34)44-43(54)45-36(28-55-44)46(62-22-6-15-50(2,67)29-62)58-48(57-45)68-31-52(16-17-52)30-60-23-18-51(19-24-60)20-25-61(26-21-51)33-10-12-38-40(27-33)59(3)49(66)63(38)39-13-14-41(64)56-47(39)65/h1,5,7-12,27-28,39,67H,6,13-26,29-31H2,2-3H3,(H,56,64,65)/t39?,50-/m1/s1. The van der Waals surface area contributed by atoms with Gasteiger partial charge in [0.25, 0.3) is 0 Å². The third-order valence-corrected chi connectivity index (χ3v) is 15.7. The summed E-state index contributed by atoms with van der Waals surface area (Å²) in [4.78, 5) is 58.9. The Morgan fingerprint density at radius 3 is 2.44 bits per heavy atom. The molecule has 2 amide bonds. The van der Waals surface area contributed by atoms with Crippen molar-refractivity contribution in [3.63, 3.8) is 0 Å². The summed E-state index contributed by atoms with van der Waals surface area (Å²) in [6.45, 7) is 7.80. The first-order valence-corrected chi connectivity index (χ1v) is 23.9. The van der Waals surface area contributed by atoms with Crippen LogP contribution in [0.4, 0.5) is 20.3 Å². The number of β-amino-alcohol motifs (C(OH)–C–C–N with tert-alkyl or cyclic N) is 1. The molecule has 352 valence electrons. The molecular weight excluding hydrogens is 869 g/mol. The van der Waals surface area contributed by atoms with Gasteiger partial charge in [-0.2, -0.15) is 9.97 Å². The molecule has 7 heterocycles. The molecule has 5 aliphatic rings. The number of aromatic nitrogens is 5. The highest BCUT2D eigenvalue weighted by Gasteiger charge is 2.47. The number of imidazole rings is 1. The number of aliphatic hydroxyl groups is 1. The second-order valence-electron chi connectivity index (χ2n) is 20.4. The number of nitrogens with one attached hydrogen (secondary N) is 1. The van der Waals surface area contributed by atoms with Crippen molar-refractivity contribution in [3.8, 4) is 29.6 Å². The minimum atomic E-state index is -0.962. The number of terminal acetylenes is 1. The van der Waals surface area contributed by atoms with Gasteiger partial charge in [-0.25, -0.2) is 13.6 Å². The summed E-state index contributed by atoms with van der Waals surface area (Å²) in [6.07, 6.45) is 15.6. The normalized spacial score (nSPS) is 22.8. The van der Waals surface area contributed by atoms with Crippen LogP contribution < -0.4 is 25.5 Å². The number of anilines is 2. The van der Waals surface area contributed by atoms with Gasteiger partial charge < -0.3 is 24.5 Å². The van der Waals surface area contributed by atoms with E-state index in [-0.39, 0.29) is 51.6 Å². The van der Waals surface area contributed by atoms with E-state index >= 15 is 4.39 Å². The largest absolute Gasteiger partial charge is 0.463 e. The second-order valence-corrected chi connectivity index (χ2v) is 20.4. The molecule has 1 aliphatic carbocycles. The number of hydrogen-bond donors (Lipinski definition) is 2. The van der Waals surface area contributed by atoms with E-state index in [4.69, 9.17) is 21.1 Å². The van der Waals surface area contributed by atoms with Crippen LogP contribution in [0.15, 0.2) is 59.5 Å². The van der Waals surface area contributed by atoms with Crippen LogP contribution in [0.25, 0.3) is 44.0 Å². The minimum Gasteiger partial charge on any atom is -0.463 e. The number of piperidine rings is 4. The van der Waals surface area contributed by atoms with E-state index in [1.165, 1.54) is 10.6 Å². The monoisotopic (exact) mass is 923 g/mol. The molecule has 16 heteroatoms. The van der Waals surface area contributed by atoms with Gasteiger partial charge in [0.15, 0.2) is 5.82 Å². The maximum atomic E-state index is 17.1. The van der Waals surface area contributed by atoms with E-state index in [0.717, 1.165) is 88.9 Å². The van der Waals surface area contributed by atoms with Crippen LogP contribution in [-0.2, 0) is 16.6 Å². The van der Waals surface area contributed by atoms with Crippen molar-refractivity contribution in [2.75, 3.05) is 62.2 Å². The molecular formula is C52H55F2N9O5. The molecule has 0 radical (unpaired) electrons. The number of nitrogens with zero attached hydrogens (tertiary/aromatic N) is 8. The number of imide groups is 1. The average Bonchev–Trinajstić information content (AvgIpc) is 4.06. The summed E-state index contributed by atoms with van der Waals surface area (Å²) < 4.78 is 41.6. The molecule has 2 atom stereocenters. The number of benzene rings is 3. The fourth-order valence-corrected chi connectivity index (χ4v) is 11.5. The van der Waals surface area contributed by atoms with E-state index in [1.807, 2.05) is 17.0 Å². The van der Waals surface area contributed by atoms with Gasteiger partial charge in [-0.15, -0.1) is 6.42 Å². The summed E-state index contributed by atoms with van der Waals surface area (Å²) in [5.41, 5.74) is 1.89. The smallest absolute Gasteiger partial charge is 0.329 e. The second kappa shape index (κ2) is 16.7. The van der Waals surface area contributed by atoms with E-state index in [2.05, 4.69) is 32.1 Å². The van der Waals surface area contributed by atoms with Crippen molar-refractivity contribution in [1.29, 1.82) is 0 Å². The zero-order valence-corrected chi connectivity index (χ0v) is 38.5. The first kappa shape index (κ1) is 44.1. The van der Waals surface area contributed by atoms with E-state index < -0.39 is 29.2 Å². The van der Waals surface area contributed by atoms with Crippen LogP contribution in [0, 0.1) is 34.8 Å². The van der Waals surface area contributed by atoms with Gasteiger partial charge >= 0.3 is 11.7 Å². The number of carbonyl (C=O) groups excluding carboxylic acids is 2. The lowest BCUT2D eigenvalue weighted by molar-refractivity contribution is -0.135. The Morgan fingerprint density at radius 1 is 0.926 bits per heavy atom. The quantitative estimate of drug-likeness (QED) is 0.119. The van der Waals surface area contributed by atoms with Crippen LogP contribution in [0.3, 0.4) is 0 Å². The molecule has 14 nitrogen and oxygen atoms in total. The molecule has 4 aliphatic heterocycles. The van der Waals surface area contributed by atoms with E-state index in [0.29, 0.717) is 65.6 Å². The van der Waals surface area contributed by atoms with Crippen LogP contribution in [0.1, 0.15) is 82.7 Å². The fraction of sp³-hybridized carbons (Fsp3) is 0.462. The molecule has 5 fully saturated rings. The predicted octanol–water partition coefficient (Wildman–Crippen LogP) is 6.63. The van der Waals surface area contributed by atoms with Crippen molar-refractivity contribution < 1.29 is 28.2 Å². The third kappa shape index (κ3) is 7.83. The number of rotatable bonds is 9. The Bertz CT molecular complexity index is 3140. The number of carbonyl (C=O) groups is 2. The number of ether oxygens (including phenoxy) is 1. The van der Waals surface area contributed by atoms with Crippen LogP contribution in [-0.4, -0.2) is 104 Å². The van der Waals surface area contributed by atoms with Crippen molar-refractivity contribution in [2.24, 2.45) is 17.9 Å². The lowest BCUT2D eigenvalue weighted by Gasteiger charge is -2.48. The first-order chi connectivity index (χ1) is 32.7. The Hall–Kier alpha value is -6.44. The molecule has 11 rings (SSSR count).